The number of benzene rings is 2. The number of ether oxygens (including phenoxy) is 1. The maximum Gasteiger partial charge on any atom is 0.311 e. The van der Waals surface area contributed by atoms with Gasteiger partial charge in [0, 0.05) is 24.2 Å². The van der Waals surface area contributed by atoms with Crippen LogP contribution >= 0.6 is 0 Å². The Morgan fingerprint density at radius 1 is 1.11 bits per heavy atom. The minimum Gasteiger partial charge on any atom is -0.457 e. The van der Waals surface area contributed by atoms with E-state index in [2.05, 4.69) is 0 Å². The van der Waals surface area contributed by atoms with Crippen LogP contribution < -0.4 is 4.90 Å². The molecule has 2 aromatic rings. The molecule has 0 spiro atoms. The summed E-state index contributed by atoms with van der Waals surface area (Å²) in [5, 5.41) is 0. The third-order valence-electron chi connectivity index (χ3n) is 4.49. The Morgan fingerprint density at radius 3 is 2.37 bits per heavy atom. The molecular weight excluding hydrogens is 349 g/mol. The Bertz CT molecular complexity index is 871. The number of aryl methyl sites for hydroxylation is 2. The number of carbonyl (C=O) groups excluding carboxylic acids is 3. The van der Waals surface area contributed by atoms with Gasteiger partial charge in [0.15, 0.2) is 12.4 Å². The van der Waals surface area contributed by atoms with Crippen LogP contribution in [0.15, 0.2) is 42.5 Å². The van der Waals surface area contributed by atoms with E-state index < -0.39 is 30.1 Å². The number of anilines is 1. The molecule has 0 radical (unpaired) electrons. The summed E-state index contributed by atoms with van der Waals surface area (Å²) in [4.78, 5) is 38.2. The number of esters is 1. The number of hydrogen-bond acceptors (Lipinski definition) is 4. The van der Waals surface area contributed by atoms with Gasteiger partial charge in [0.1, 0.15) is 5.82 Å². The molecule has 0 bridgehead atoms. The van der Waals surface area contributed by atoms with E-state index in [1.54, 1.807) is 4.90 Å². The highest BCUT2D eigenvalue weighted by Gasteiger charge is 2.36. The van der Waals surface area contributed by atoms with Crippen LogP contribution in [0.2, 0.25) is 0 Å². The molecule has 1 fully saturated rings. The molecule has 1 atom stereocenters. The molecule has 1 aliphatic rings. The van der Waals surface area contributed by atoms with Crippen molar-refractivity contribution < 1.29 is 23.5 Å². The zero-order valence-corrected chi connectivity index (χ0v) is 15.2. The van der Waals surface area contributed by atoms with Crippen molar-refractivity contribution in [3.63, 3.8) is 0 Å². The SMILES string of the molecule is Cc1cc(C)cc(N2C[C@H](C(=O)OCC(=O)c3ccc(F)cc3)CC2=O)c1. The van der Waals surface area contributed by atoms with Gasteiger partial charge in [-0.2, -0.15) is 0 Å². The molecule has 5 nitrogen and oxygen atoms in total. The van der Waals surface area contributed by atoms with Gasteiger partial charge in [-0.05, 0) is 61.4 Å². The van der Waals surface area contributed by atoms with Crippen LogP contribution in [-0.2, 0) is 14.3 Å². The summed E-state index contributed by atoms with van der Waals surface area (Å²) in [6.45, 7) is 3.69. The second-order valence-corrected chi connectivity index (χ2v) is 6.79. The highest BCUT2D eigenvalue weighted by Crippen LogP contribution is 2.27. The van der Waals surface area contributed by atoms with Gasteiger partial charge in [0.25, 0.3) is 0 Å². The third kappa shape index (κ3) is 4.39. The molecule has 27 heavy (non-hydrogen) atoms. The van der Waals surface area contributed by atoms with E-state index in [0.717, 1.165) is 16.8 Å². The molecule has 3 rings (SSSR count). The number of Topliss-reactive ketones (excluding diaryl/α,β-unsaturated/α-hetero) is 1. The van der Waals surface area contributed by atoms with E-state index in [1.165, 1.54) is 24.3 Å². The van der Waals surface area contributed by atoms with Crippen LogP contribution in [0, 0.1) is 25.6 Å². The van der Waals surface area contributed by atoms with E-state index in [-0.39, 0.29) is 24.4 Å². The van der Waals surface area contributed by atoms with Crippen LogP contribution in [0.5, 0.6) is 0 Å². The topological polar surface area (TPSA) is 63.7 Å². The van der Waals surface area contributed by atoms with Gasteiger partial charge in [0.2, 0.25) is 5.91 Å². The molecule has 0 aromatic heterocycles. The Kier molecular flexibility index (Phi) is 5.35. The van der Waals surface area contributed by atoms with Crippen molar-refractivity contribution in [2.75, 3.05) is 18.1 Å². The Hall–Kier alpha value is -3.02. The zero-order chi connectivity index (χ0) is 19.6. The second-order valence-electron chi connectivity index (χ2n) is 6.79. The first-order valence-electron chi connectivity index (χ1n) is 8.67. The zero-order valence-electron chi connectivity index (χ0n) is 15.2. The minimum absolute atomic E-state index is 0.0521. The van der Waals surface area contributed by atoms with Gasteiger partial charge in [-0.1, -0.05) is 6.07 Å². The van der Waals surface area contributed by atoms with Crippen molar-refractivity contribution in [2.24, 2.45) is 5.92 Å². The molecule has 6 heteroatoms. The molecule has 0 aliphatic carbocycles. The van der Waals surface area contributed by atoms with E-state index in [4.69, 9.17) is 4.74 Å². The Morgan fingerprint density at radius 2 is 1.74 bits per heavy atom. The Labute approximate surface area is 156 Å². The molecule has 1 heterocycles. The van der Waals surface area contributed by atoms with Crippen molar-refractivity contribution >= 4 is 23.3 Å². The predicted molar refractivity (Wildman–Crippen MR) is 98.1 cm³/mol. The Balaban J connectivity index is 1.60. The standard InChI is InChI=1S/C21H20FNO4/c1-13-7-14(2)9-18(8-13)23-11-16(10-20(23)25)21(26)27-12-19(24)15-3-5-17(22)6-4-15/h3-9,16H,10-12H2,1-2H3/t16-/m1/s1. The fourth-order valence-electron chi connectivity index (χ4n) is 3.20. The lowest BCUT2D eigenvalue weighted by atomic mass is 10.1. The number of amides is 1. The van der Waals surface area contributed by atoms with Crippen LogP contribution in [0.1, 0.15) is 27.9 Å². The van der Waals surface area contributed by atoms with Crippen molar-refractivity contribution in [3.8, 4) is 0 Å². The summed E-state index contributed by atoms with van der Waals surface area (Å²) in [5.41, 5.74) is 3.10. The van der Waals surface area contributed by atoms with Gasteiger partial charge < -0.3 is 9.64 Å². The van der Waals surface area contributed by atoms with Gasteiger partial charge in [-0.15, -0.1) is 0 Å². The number of rotatable bonds is 5. The summed E-state index contributed by atoms with van der Waals surface area (Å²) >= 11 is 0. The van der Waals surface area contributed by atoms with Crippen LogP contribution in [0.4, 0.5) is 10.1 Å². The summed E-state index contributed by atoms with van der Waals surface area (Å²) in [6, 6.07) is 10.8. The maximum atomic E-state index is 12.9. The maximum absolute atomic E-state index is 12.9. The van der Waals surface area contributed by atoms with Crippen molar-refractivity contribution in [3.05, 3.63) is 65.0 Å². The van der Waals surface area contributed by atoms with Crippen LogP contribution in [0.3, 0.4) is 0 Å². The average molecular weight is 369 g/mol. The largest absolute Gasteiger partial charge is 0.457 e. The lowest BCUT2D eigenvalue weighted by Crippen LogP contribution is -2.27. The van der Waals surface area contributed by atoms with Gasteiger partial charge in [-0.25, -0.2) is 4.39 Å². The highest BCUT2D eigenvalue weighted by molar-refractivity contribution is 6.01. The number of nitrogens with zero attached hydrogens (tertiary/aromatic N) is 1. The molecular formula is C21H20FNO4. The fraction of sp³-hybridized carbons (Fsp3) is 0.286. The molecule has 140 valence electrons. The van der Waals surface area contributed by atoms with Crippen molar-refractivity contribution in [2.45, 2.75) is 20.3 Å². The van der Waals surface area contributed by atoms with Crippen molar-refractivity contribution in [1.82, 2.24) is 0 Å². The molecule has 1 amide bonds. The second kappa shape index (κ2) is 7.70. The quantitative estimate of drug-likeness (QED) is 0.600. The van der Waals surface area contributed by atoms with E-state index in [9.17, 15) is 18.8 Å². The fourth-order valence-corrected chi connectivity index (χ4v) is 3.20. The van der Waals surface area contributed by atoms with Gasteiger partial charge >= 0.3 is 5.97 Å². The van der Waals surface area contributed by atoms with Gasteiger partial charge in [-0.3, -0.25) is 14.4 Å². The summed E-state index contributed by atoms with van der Waals surface area (Å²) < 4.78 is 18.0. The summed E-state index contributed by atoms with van der Waals surface area (Å²) in [5.74, 6) is -2.20. The third-order valence-corrected chi connectivity index (χ3v) is 4.49. The minimum atomic E-state index is -0.612. The smallest absolute Gasteiger partial charge is 0.311 e. The highest BCUT2D eigenvalue weighted by atomic mass is 19.1. The van der Waals surface area contributed by atoms with Crippen molar-refractivity contribution in [1.29, 1.82) is 0 Å². The monoisotopic (exact) mass is 369 g/mol. The van der Waals surface area contributed by atoms with Crippen LogP contribution in [-0.4, -0.2) is 30.8 Å². The molecule has 0 unspecified atom stereocenters. The van der Waals surface area contributed by atoms with E-state index in [0.29, 0.717) is 0 Å². The normalized spacial score (nSPS) is 16.5. The predicted octanol–water partition coefficient (Wildman–Crippen LogP) is 3.22. The lowest BCUT2D eigenvalue weighted by Gasteiger charge is -2.18. The van der Waals surface area contributed by atoms with Crippen LogP contribution in [0.25, 0.3) is 0 Å². The van der Waals surface area contributed by atoms with E-state index >= 15 is 0 Å². The molecule has 1 aliphatic heterocycles. The molecule has 1 saturated heterocycles. The molecule has 2 aromatic carbocycles. The van der Waals surface area contributed by atoms with E-state index in [1.807, 2.05) is 32.0 Å². The summed E-state index contributed by atoms with van der Waals surface area (Å²) in [6.07, 6.45) is 0.0521. The number of hydrogen-bond donors (Lipinski definition) is 0. The first-order valence-corrected chi connectivity index (χ1v) is 8.67. The first-order chi connectivity index (χ1) is 12.8. The number of halogens is 1. The van der Waals surface area contributed by atoms with Gasteiger partial charge in [0.05, 0.1) is 5.92 Å². The average Bonchev–Trinajstić information content (AvgIpc) is 3.01. The number of ketones is 1. The molecule has 0 saturated carbocycles. The molecule has 0 N–H and O–H groups in total. The number of carbonyl (C=O) groups is 3. The summed E-state index contributed by atoms with van der Waals surface area (Å²) in [7, 11) is 0. The lowest BCUT2D eigenvalue weighted by molar-refractivity contribution is -0.147. The first kappa shape index (κ1) is 18.8.